The Morgan fingerprint density at radius 1 is 0.868 bits per heavy atom. The van der Waals surface area contributed by atoms with Gasteiger partial charge in [0.2, 0.25) is 23.5 Å². The van der Waals surface area contributed by atoms with Crippen molar-refractivity contribution in [3.8, 4) is 0 Å². The van der Waals surface area contributed by atoms with E-state index >= 15 is 0 Å². The zero-order valence-electron chi connectivity index (χ0n) is 30.8. The fraction of sp³-hybridized carbons (Fsp3) is 0.514. The van der Waals surface area contributed by atoms with E-state index in [0.717, 1.165) is 0 Å². The SMILES string of the molecule is CCCC(NC(=O)[C@@H]1[C@@H](C(C)=O)CCN1C(=O)[C@@H](NC(=O)[C@@H](NC(=O)c1cnccn1)C(C)C)C(C)C)C(=O)C(=O)N[C@@H](Cc1ccccc1)C(=O)O. The van der Waals surface area contributed by atoms with Crippen molar-refractivity contribution in [2.45, 2.75) is 97.4 Å². The van der Waals surface area contributed by atoms with E-state index < -0.39 is 89.3 Å². The number of hydrogen-bond acceptors (Lipinski definition) is 10. The Bertz CT molecular complexity index is 1650. The van der Waals surface area contributed by atoms with E-state index in [1.165, 1.54) is 30.4 Å². The molecular formula is C37H49N7O9. The summed E-state index contributed by atoms with van der Waals surface area (Å²) in [5.41, 5.74) is 0.615. The van der Waals surface area contributed by atoms with E-state index in [0.29, 0.717) is 12.0 Å². The minimum Gasteiger partial charge on any atom is -0.480 e. The molecule has 286 valence electrons. The lowest BCUT2D eigenvalue weighted by molar-refractivity contribution is -0.146. The molecule has 16 nitrogen and oxygen atoms in total. The highest BCUT2D eigenvalue weighted by molar-refractivity contribution is 6.38. The maximum Gasteiger partial charge on any atom is 0.326 e. The molecule has 3 rings (SSSR count). The number of benzene rings is 1. The fourth-order valence-electron chi connectivity index (χ4n) is 6.14. The molecule has 0 saturated carbocycles. The molecule has 5 amide bonds. The Morgan fingerprint density at radius 3 is 2.08 bits per heavy atom. The van der Waals surface area contributed by atoms with Crippen molar-refractivity contribution in [1.82, 2.24) is 36.1 Å². The summed E-state index contributed by atoms with van der Waals surface area (Å²) in [7, 11) is 0. The first-order chi connectivity index (χ1) is 25.1. The number of hydrogen-bond donors (Lipinski definition) is 5. The molecule has 1 aliphatic rings. The molecule has 1 unspecified atom stereocenters. The molecule has 6 atom stereocenters. The Morgan fingerprint density at radius 2 is 1.53 bits per heavy atom. The summed E-state index contributed by atoms with van der Waals surface area (Å²) in [6, 6.07) is 2.13. The fourth-order valence-corrected chi connectivity index (χ4v) is 6.14. The van der Waals surface area contributed by atoms with Gasteiger partial charge in [0.05, 0.1) is 12.2 Å². The number of carboxylic acids is 1. The van der Waals surface area contributed by atoms with Gasteiger partial charge in [-0.1, -0.05) is 71.4 Å². The van der Waals surface area contributed by atoms with Crippen LogP contribution >= 0.6 is 0 Å². The zero-order valence-corrected chi connectivity index (χ0v) is 30.8. The average Bonchev–Trinajstić information content (AvgIpc) is 3.58. The summed E-state index contributed by atoms with van der Waals surface area (Å²) in [6.45, 7) is 9.81. The quantitative estimate of drug-likeness (QED) is 0.135. The number of ketones is 2. The van der Waals surface area contributed by atoms with Crippen LogP contribution in [0.5, 0.6) is 0 Å². The van der Waals surface area contributed by atoms with Crippen LogP contribution in [0.4, 0.5) is 0 Å². The molecular weight excluding hydrogens is 686 g/mol. The van der Waals surface area contributed by atoms with Crippen LogP contribution in [-0.4, -0.2) is 104 Å². The van der Waals surface area contributed by atoms with Crippen molar-refractivity contribution in [3.05, 3.63) is 60.2 Å². The molecule has 0 spiro atoms. The molecule has 2 aromatic rings. The summed E-state index contributed by atoms with van der Waals surface area (Å²) in [5, 5.41) is 19.9. The molecule has 1 fully saturated rings. The summed E-state index contributed by atoms with van der Waals surface area (Å²) in [4.78, 5) is 115. The van der Waals surface area contributed by atoms with Crippen molar-refractivity contribution in [3.63, 3.8) is 0 Å². The first-order valence-electron chi connectivity index (χ1n) is 17.7. The van der Waals surface area contributed by atoms with Crippen LogP contribution in [0.25, 0.3) is 0 Å². The smallest absolute Gasteiger partial charge is 0.326 e. The Balaban J connectivity index is 1.80. The minimum absolute atomic E-state index is 0.00476. The number of nitrogens with one attached hydrogen (secondary N) is 4. The molecule has 1 aromatic heterocycles. The van der Waals surface area contributed by atoms with E-state index in [9.17, 15) is 43.5 Å². The van der Waals surface area contributed by atoms with Crippen molar-refractivity contribution in [2.75, 3.05) is 6.54 Å². The molecule has 1 aliphatic heterocycles. The third-order valence-corrected chi connectivity index (χ3v) is 9.05. The van der Waals surface area contributed by atoms with Gasteiger partial charge in [-0.3, -0.25) is 38.5 Å². The van der Waals surface area contributed by atoms with Crippen LogP contribution in [-0.2, 0) is 40.0 Å². The lowest BCUT2D eigenvalue weighted by Gasteiger charge is -2.33. The number of carbonyl (C=O) groups is 8. The number of likely N-dealkylation sites (tertiary alicyclic amines) is 1. The van der Waals surface area contributed by atoms with Gasteiger partial charge in [-0.25, -0.2) is 9.78 Å². The second kappa shape index (κ2) is 19.3. The molecule has 0 aliphatic carbocycles. The van der Waals surface area contributed by atoms with E-state index in [1.807, 2.05) is 0 Å². The summed E-state index contributed by atoms with van der Waals surface area (Å²) >= 11 is 0. The van der Waals surface area contributed by atoms with Crippen LogP contribution in [0.2, 0.25) is 0 Å². The van der Waals surface area contributed by atoms with Crippen molar-refractivity contribution in [2.24, 2.45) is 17.8 Å². The minimum atomic E-state index is -1.42. The molecule has 16 heteroatoms. The molecule has 0 radical (unpaired) electrons. The topological polar surface area (TPSA) is 234 Å². The van der Waals surface area contributed by atoms with Gasteiger partial charge in [0.25, 0.3) is 11.8 Å². The number of carbonyl (C=O) groups excluding carboxylic acids is 7. The molecule has 0 bridgehead atoms. The van der Waals surface area contributed by atoms with Crippen molar-refractivity contribution in [1.29, 1.82) is 0 Å². The van der Waals surface area contributed by atoms with Gasteiger partial charge in [0.15, 0.2) is 0 Å². The number of carboxylic acid groups (broad SMARTS) is 1. The van der Waals surface area contributed by atoms with E-state index in [4.69, 9.17) is 0 Å². The number of aromatic nitrogens is 2. The highest BCUT2D eigenvalue weighted by atomic mass is 16.4. The summed E-state index contributed by atoms with van der Waals surface area (Å²) < 4.78 is 0. The van der Waals surface area contributed by atoms with Gasteiger partial charge in [-0.05, 0) is 37.2 Å². The number of aliphatic carboxylic acids is 1. The van der Waals surface area contributed by atoms with Gasteiger partial charge in [-0.15, -0.1) is 0 Å². The first-order valence-corrected chi connectivity index (χ1v) is 17.7. The predicted octanol–water partition coefficient (Wildman–Crippen LogP) is 0.844. The van der Waals surface area contributed by atoms with Crippen molar-refractivity contribution >= 4 is 47.1 Å². The Hall–Kier alpha value is -5.54. The molecule has 1 aromatic carbocycles. The van der Waals surface area contributed by atoms with E-state index in [1.54, 1.807) is 65.0 Å². The Kier molecular flexibility index (Phi) is 15.3. The van der Waals surface area contributed by atoms with Crippen LogP contribution < -0.4 is 21.3 Å². The predicted molar refractivity (Wildman–Crippen MR) is 191 cm³/mol. The standard InChI is InChI=1S/C37H49N7O9/c1-7-11-25(31(46)35(50)41-26(37(52)53)18-23-12-9-8-10-13-23)40-34(49)30-24(22(6)45)14-17-44(30)36(51)29(21(4)5)43-33(48)28(20(2)3)42-32(47)27-19-38-15-16-39-27/h8-10,12-13,15-16,19-21,24-26,28-30H,7,11,14,17-18H2,1-6H3,(H,40,49)(H,41,50)(H,42,47)(H,43,48)(H,52,53)/t24-,25?,26+,28+,29+,30+/m1/s1. The summed E-state index contributed by atoms with van der Waals surface area (Å²) in [6.07, 6.45) is 4.40. The largest absolute Gasteiger partial charge is 0.480 e. The first kappa shape index (κ1) is 41.9. The van der Waals surface area contributed by atoms with Crippen LogP contribution in [0.3, 0.4) is 0 Å². The van der Waals surface area contributed by atoms with Crippen LogP contribution in [0.1, 0.15) is 76.9 Å². The third kappa shape index (κ3) is 11.2. The lowest BCUT2D eigenvalue weighted by atomic mass is 9.94. The van der Waals surface area contributed by atoms with Crippen LogP contribution in [0.15, 0.2) is 48.9 Å². The molecule has 53 heavy (non-hydrogen) atoms. The highest BCUT2D eigenvalue weighted by Gasteiger charge is 2.47. The number of Topliss-reactive ketones (excluding diaryl/α,β-unsaturated/α-hetero) is 2. The Labute approximate surface area is 308 Å². The van der Waals surface area contributed by atoms with E-state index in [2.05, 4.69) is 31.2 Å². The van der Waals surface area contributed by atoms with Gasteiger partial charge < -0.3 is 31.3 Å². The maximum atomic E-state index is 14.2. The second-order valence-corrected chi connectivity index (χ2v) is 13.8. The maximum absolute atomic E-state index is 14.2. The van der Waals surface area contributed by atoms with E-state index in [-0.39, 0.29) is 37.3 Å². The second-order valence-electron chi connectivity index (χ2n) is 13.8. The van der Waals surface area contributed by atoms with Crippen LogP contribution in [0, 0.1) is 17.8 Å². The zero-order chi connectivity index (χ0) is 39.4. The summed E-state index contributed by atoms with van der Waals surface area (Å²) in [5.74, 6) is -8.64. The van der Waals surface area contributed by atoms with Gasteiger partial charge >= 0.3 is 5.97 Å². The third-order valence-electron chi connectivity index (χ3n) is 9.05. The number of rotatable bonds is 18. The lowest BCUT2D eigenvalue weighted by Crippen LogP contribution is -2.61. The molecule has 5 N–H and O–H groups in total. The van der Waals surface area contributed by atoms with Gasteiger partial charge in [0, 0.05) is 31.3 Å². The monoisotopic (exact) mass is 735 g/mol. The number of amides is 5. The molecule has 1 saturated heterocycles. The normalized spacial score (nSPS) is 17.6. The molecule has 2 heterocycles. The van der Waals surface area contributed by atoms with Crippen molar-refractivity contribution < 1.29 is 43.5 Å². The average molecular weight is 736 g/mol. The van der Waals surface area contributed by atoms with Gasteiger partial charge in [-0.2, -0.15) is 0 Å². The highest BCUT2D eigenvalue weighted by Crippen LogP contribution is 2.28. The number of nitrogens with zero attached hydrogens (tertiary/aromatic N) is 3. The van der Waals surface area contributed by atoms with Gasteiger partial charge in [0.1, 0.15) is 35.6 Å².